The SMILES string of the molecule is COc1ccc(C(N)(CO)c2cccc([N+](=O)[O-])c2)cc1. The smallest absolute Gasteiger partial charge is 0.269 e. The number of methoxy groups -OCH3 is 1. The van der Waals surface area contributed by atoms with Crippen molar-refractivity contribution in [1.82, 2.24) is 0 Å². The molecule has 0 aliphatic carbocycles. The number of benzene rings is 2. The van der Waals surface area contributed by atoms with Gasteiger partial charge in [0.1, 0.15) is 5.75 Å². The summed E-state index contributed by atoms with van der Waals surface area (Å²) in [5.74, 6) is 0.665. The zero-order valence-electron chi connectivity index (χ0n) is 11.5. The molecule has 0 saturated heterocycles. The van der Waals surface area contributed by atoms with Gasteiger partial charge in [0.15, 0.2) is 0 Å². The predicted molar refractivity (Wildman–Crippen MR) is 78.1 cm³/mol. The molecule has 3 N–H and O–H groups in total. The molecule has 110 valence electrons. The Bertz CT molecular complexity index is 642. The van der Waals surface area contributed by atoms with Gasteiger partial charge in [-0.15, -0.1) is 0 Å². The quantitative estimate of drug-likeness (QED) is 0.645. The van der Waals surface area contributed by atoms with Crippen molar-refractivity contribution in [2.75, 3.05) is 13.7 Å². The Labute approximate surface area is 121 Å². The molecule has 6 nitrogen and oxygen atoms in total. The molecule has 0 radical (unpaired) electrons. The Balaban J connectivity index is 2.48. The zero-order chi connectivity index (χ0) is 15.5. The van der Waals surface area contributed by atoms with Crippen LogP contribution in [0.2, 0.25) is 0 Å². The molecule has 21 heavy (non-hydrogen) atoms. The number of nitrogens with two attached hydrogens (primary N) is 1. The van der Waals surface area contributed by atoms with Gasteiger partial charge in [-0.1, -0.05) is 24.3 Å². The molecule has 0 fully saturated rings. The van der Waals surface area contributed by atoms with Crippen LogP contribution in [0.3, 0.4) is 0 Å². The molecule has 0 heterocycles. The molecule has 0 saturated carbocycles. The lowest BCUT2D eigenvalue weighted by atomic mass is 9.84. The van der Waals surface area contributed by atoms with Crippen LogP contribution in [-0.4, -0.2) is 23.7 Å². The molecule has 0 aromatic heterocycles. The Morgan fingerprint density at radius 2 is 1.90 bits per heavy atom. The summed E-state index contributed by atoms with van der Waals surface area (Å²) in [5.41, 5.74) is 6.13. The maximum absolute atomic E-state index is 10.9. The second-order valence-electron chi connectivity index (χ2n) is 4.67. The van der Waals surface area contributed by atoms with Gasteiger partial charge in [0.2, 0.25) is 0 Å². The van der Waals surface area contributed by atoms with Crippen molar-refractivity contribution in [3.05, 3.63) is 69.8 Å². The number of rotatable bonds is 5. The first-order valence-corrected chi connectivity index (χ1v) is 6.30. The van der Waals surface area contributed by atoms with Crippen LogP contribution in [0, 0.1) is 10.1 Å². The lowest BCUT2D eigenvalue weighted by Crippen LogP contribution is -2.41. The molecule has 0 aliphatic heterocycles. The summed E-state index contributed by atoms with van der Waals surface area (Å²) < 4.78 is 5.08. The number of nitro benzene ring substituents is 1. The first-order valence-electron chi connectivity index (χ1n) is 6.30. The first kappa shape index (κ1) is 15.0. The summed E-state index contributed by atoms with van der Waals surface area (Å²) in [6, 6.07) is 12.9. The topological polar surface area (TPSA) is 98.6 Å². The van der Waals surface area contributed by atoms with Gasteiger partial charge in [0.05, 0.1) is 24.2 Å². The number of aliphatic hydroxyl groups excluding tert-OH is 1. The Hall–Kier alpha value is -2.44. The van der Waals surface area contributed by atoms with Crippen LogP contribution in [0.1, 0.15) is 11.1 Å². The molecular formula is C15H16N2O4. The summed E-state index contributed by atoms with van der Waals surface area (Å²) in [7, 11) is 1.55. The highest BCUT2D eigenvalue weighted by Crippen LogP contribution is 2.30. The number of nitro groups is 1. The second kappa shape index (κ2) is 5.90. The highest BCUT2D eigenvalue weighted by Gasteiger charge is 2.30. The van der Waals surface area contributed by atoms with E-state index in [2.05, 4.69) is 0 Å². The van der Waals surface area contributed by atoms with Crippen LogP contribution in [0.15, 0.2) is 48.5 Å². The van der Waals surface area contributed by atoms with Crippen LogP contribution in [-0.2, 0) is 5.54 Å². The van der Waals surface area contributed by atoms with Crippen LogP contribution in [0.4, 0.5) is 5.69 Å². The minimum atomic E-state index is -1.21. The number of non-ortho nitro benzene ring substituents is 1. The molecule has 0 amide bonds. The van der Waals surface area contributed by atoms with Gasteiger partial charge >= 0.3 is 0 Å². The summed E-state index contributed by atoms with van der Waals surface area (Å²) in [6.45, 7) is -0.375. The van der Waals surface area contributed by atoms with Crippen molar-refractivity contribution in [1.29, 1.82) is 0 Å². The van der Waals surface area contributed by atoms with Crippen LogP contribution >= 0.6 is 0 Å². The zero-order valence-corrected chi connectivity index (χ0v) is 11.5. The molecule has 2 aromatic rings. The molecule has 0 bridgehead atoms. The fourth-order valence-electron chi connectivity index (χ4n) is 2.13. The molecular weight excluding hydrogens is 272 g/mol. The Morgan fingerprint density at radius 3 is 2.43 bits per heavy atom. The Kier molecular flexibility index (Phi) is 4.21. The fraction of sp³-hybridized carbons (Fsp3) is 0.200. The third kappa shape index (κ3) is 2.86. The fourth-order valence-corrected chi connectivity index (χ4v) is 2.13. The average Bonchev–Trinajstić information content (AvgIpc) is 2.54. The summed E-state index contributed by atoms with van der Waals surface area (Å²) >= 11 is 0. The highest BCUT2D eigenvalue weighted by atomic mass is 16.6. The van der Waals surface area contributed by atoms with Crippen molar-refractivity contribution in [2.45, 2.75) is 5.54 Å². The molecule has 0 aliphatic rings. The van der Waals surface area contributed by atoms with Crippen molar-refractivity contribution < 1.29 is 14.8 Å². The van der Waals surface area contributed by atoms with Crippen molar-refractivity contribution in [3.63, 3.8) is 0 Å². The number of nitrogens with zero attached hydrogens (tertiary/aromatic N) is 1. The molecule has 1 atom stereocenters. The third-order valence-corrected chi connectivity index (χ3v) is 3.43. The summed E-state index contributed by atoms with van der Waals surface area (Å²) in [5, 5.41) is 20.6. The Morgan fingerprint density at radius 1 is 1.24 bits per heavy atom. The van der Waals surface area contributed by atoms with Crippen molar-refractivity contribution >= 4 is 5.69 Å². The van der Waals surface area contributed by atoms with Crippen molar-refractivity contribution in [2.24, 2.45) is 5.73 Å². The van der Waals surface area contributed by atoms with Gasteiger partial charge in [-0.2, -0.15) is 0 Å². The van der Waals surface area contributed by atoms with E-state index in [0.717, 1.165) is 0 Å². The molecule has 6 heteroatoms. The molecule has 0 spiro atoms. The molecule has 2 aromatic carbocycles. The average molecular weight is 288 g/mol. The van der Waals surface area contributed by atoms with Crippen LogP contribution in [0.5, 0.6) is 5.75 Å². The van der Waals surface area contributed by atoms with E-state index >= 15 is 0 Å². The highest BCUT2D eigenvalue weighted by molar-refractivity contribution is 5.45. The number of aliphatic hydroxyl groups is 1. The van der Waals surface area contributed by atoms with Crippen LogP contribution in [0.25, 0.3) is 0 Å². The maximum atomic E-state index is 10.9. The van der Waals surface area contributed by atoms with Crippen molar-refractivity contribution in [3.8, 4) is 5.75 Å². The molecule has 2 rings (SSSR count). The maximum Gasteiger partial charge on any atom is 0.269 e. The monoisotopic (exact) mass is 288 g/mol. The third-order valence-electron chi connectivity index (χ3n) is 3.43. The van der Waals surface area contributed by atoms with Gasteiger partial charge in [0.25, 0.3) is 5.69 Å². The lowest BCUT2D eigenvalue weighted by Gasteiger charge is -2.28. The number of hydrogen-bond donors (Lipinski definition) is 2. The summed E-state index contributed by atoms with van der Waals surface area (Å²) in [6.07, 6.45) is 0. The van der Waals surface area contributed by atoms with Gasteiger partial charge in [0, 0.05) is 12.1 Å². The second-order valence-corrected chi connectivity index (χ2v) is 4.67. The van der Waals surface area contributed by atoms with E-state index in [1.807, 2.05) is 0 Å². The van der Waals surface area contributed by atoms with Gasteiger partial charge in [-0.05, 0) is 23.3 Å². The van der Waals surface area contributed by atoms with E-state index < -0.39 is 10.5 Å². The van der Waals surface area contributed by atoms with Gasteiger partial charge in [-0.3, -0.25) is 10.1 Å². The number of ether oxygens (including phenoxy) is 1. The van der Waals surface area contributed by atoms with E-state index in [1.54, 1.807) is 43.5 Å². The van der Waals surface area contributed by atoms with E-state index in [-0.39, 0.29) is 12.3 Å². The van der Waals surface area contributed by atoms with E-state index in [4.69, 9.17) is 10.5 Å². The van der Waals surface area contributed by atoms with Crippen LogP contribution < -0.4 is 10.5 Å². The van der Waals surface area contributed by atoms with E-state index in [1.165, 1.54) is 12.1 Å². The number of hydrogen-bond acceptors (Lipinski definition) is 5. The first-order chi connectivity index (χ1) is 10.0. The summed E-state index contributed by atoms with van der Waals surface area (Å²) in [4.78, 5) is 10.4. The normalized spacial score (nSPS) is 13.5. The molecule has 1 unspecified atom stereocenters. The largest absolute Gasteiger partial charge is 0.497 e. The van der Waals surface area contributed by atoms with Gasteiger partial charge in [-0.25, -0.2) is 0 Å². The van der Waals surface area contributed by atoms with E-state index in [9.17, 15) is 15.2 Å². The van der Waals surface area contributed by atoms with Gasteiger partial charge < -0.3 is 15.6 Å². The predicted octanol–water partition coefficient (Wildman–Crippen LogP) is 1.80. The minimum Gasteiger partial charge on any atom is -0.497 e. The van der Waals surface area contributed by atoms with E-state index in [0.29, 0.717) is 16.9 Å². The lowest BCUT2D eigenvalue weighted by molar-refractivity contribution is -0.385. The minimum absolute atomic E-state index is 0.0655. The standard InChI is InChI=1S/C15H16N2O4/c1-21-14-7-5-11(6-8-14)15(16,10-18)12-3-2-4-13(9-12)17(19)20/h2-9,18H,10,16H2,1H3.